The third kappa shape index (κ3) is 3.63. The van der Waals surface area contributed by atoms with Gasteiger partial charge in [0.1, 0.15) is 5.82 Å². The molecule has 138 valence electrons. The molecule has 2 aromatic heterocycles. The third-order valence-electron chi connectivity index (χ3n) is 5.01. The fourth-order valence-electron chi connectivity index (χ4n) is 3.63. The zero-order chi connectivity index (χ0) is 17.8. The van der Waals surface area contributed by atoms with Gasteiger partial charge in [-0.1, -0.05) is 0 Å². The number of nitrogens with one attached hydrogen (secondary N) is 1. The summed E-state index contributed by atoms with van der Waals surface area (Å²) in [6.07, 6.45) is 9.37. The SMILES string of the molecule is CN=C(NCc1cn2c(n1)CCCC2)N1CCN(c2ncccn2)CC1. The Morgan fingerprint density at radius 2 is 1.92 bits per heavy atom. The molecule has 0 radical (unpaired) electrons. The average Bonchev–Trinajstić information content (AvgIpc) is 3.12. The number of hydrogen-bond donors (Lipinski definition) is 1. The molecule has 4 heterocycles. The molecule has 1 fully saturated rings. The van der Waals surface area contributed by atoms with Crippen LogP contribution in [-0.2, 0) is 19.5 Å². The standard InChI is InChI=1S/C18H26N8/c1-19-17(22-13-15-14-26-8-3-2-5-16(26)23-15)24-9-11-25(12-10-24)18-20-6-4-7-21-18/h4,6-7,14H,2-3,5,8-13H2,1H3,(H,19,22). The maximum Gasteiger partial charge on any atom is 0.225 e. The summed E-state index contributed by atoms with van der Waals surface area (Å²) >= 11 is 0. The number of anilines is 1. The highest BCUT2D eigenvalue weighted by molar-refractivity contribution is 5.80. The van der Waals surface area contributed by atoms with Gasteiger partial charge in [-0.15, -0.1) is 0 Å². The molecule has 2 aromatic rings. The zero-order valence-electron chi connectivity index (χ0n) is 15.3. The van der Waals surface area contributed by atoms with E-state index in [-0.39, 0.29) is 0 Å². The number of nitrogens with zero attached hydrogens (tertiary/aromatic N) is 7. The Labute approximate surface area is 154 Å². The number of imidazole rings is 1. The molecule has 0 amide bonds. The van der Waals surface area contributed by atoms with E-state index < -0.39 is 0 Å². The highest BCUT2D eigenvalue weighted by Gasteiger charge is 2.21. The minimum absolute atomic E-state index is 0.717. The number of guanidine groups is 1. The van der Waals surface area contributed by atoms with Gasteiger partial charge in [0.2, 0.25) is 5.95 Å². The summed E-state index contributed by atoms with van der Waals surface area (Å²) in [6.45, 7) is 5.40. The van der Waals surface area contributed by atoms with Crippen LogP contribution in [0.5, 0.6) is 0 Å². The molecular weight excluding hydrogens is 328 g/mol. The quantitative estimate of drug-likeness (QED) is 0.652. The largest absolute Gasteiger partial charge is 0.351 e. The van der Waals surface area contributed by atoms with E-state index in [2.05, 4.69) is 40.8 Å². The van der Waals surface area contributed by atoms with Crippen LogP contribution in [0.1, 0.15) is 24.4 Å². The van der Waals surface area contributed by atoms with E-state index in [0.29, 0.717) is 6.54 Å². The normalized spacial score (nSPS) is 18.0. The van der Waals surface area contributed by atoms with Gasteiger partial charge in [0, 0.05) is 64.8 Å². The molecule has 1 saturated heterocycles. The second-order valence-corrected chi connectivity index (χ2v) is 6.72. The Kier molecular flexibility index (Phi) is 4.99. The molecule has 0 atom stereocenters. The number of aliphatic imine (C=N–C) groups is 1. The van der Waals surface area contributed by atoms with Crippen molar-refractivity contribution in [3.63, 3.8) is 0 Å². The van der Waals surface area contributed by atoms with Crippen LogP contribution in [0.3, 0.4) is 0 Å². The Hall–Kier alpha value is -2.64. The van der Waals surface area contributed by atoms with E-state index in [4.69, 9.17) is 4.98 Å². The van der Waals surface area contributed by atoms with Gasteiger partial charge < -0.3 is 19.7 Å². The Morgan fingerprint density at radius 1 is 1.12 bits per heavy atom. The maximum absolute atomic E-state index is 4.76. The molecule has 26 heavy (non-hydrogen) atoms. The lowest BCUT2D eigenvalue weighted by molar-refractivity contribution is 0.370. The van der Waals surface area contributed by atoms with Crippen molar-refractivity contribution in [3.8, 4) is 0 Å². The van der Waals surface area contributed by atoms with Crippen molar-refractivity contribution in [2.45, 2.75) is 32.4 Å². The van der Waals surface area contributed by atoms with E-state index in [1.165, 1.54) is 18.7 Å². The van der Waals surface area contributed by atoms with Crippen LogP contribution >= 0.6 is 0 Å². The van der Waals surface area contributed by atoms with Crippen LogP contribution in [0.15, 0.2) is 29.6 Å². The van der Waals surface area contributed by atoms with E-state index in [0.717, 1.165) is 56.7 Å². The highest BCUT2D eigenvalue weighted by atomic mass is 15.4. The minimum atomic E-state index is 0.717. The summed E-state index contributed by atoms with van der Waals surface area (Å²) in [7, 11) is 1.84. The van der Waals surface area contributed by atoms with Crippen LogP contribution in [-0.4, -0.2) is 63.6 Å². The van der Waals surface area contributed by atoms with E-state index in [9.17, 15) is 0 Å². The van der Waals surface area contributed by atoms with E-state index in [1.807, 2.05) is 13.1 Å². The first-order valence-electron chi connectivity index (χ1n) is 9.36. The fourth-order valence-corrected chi connectivity index (χ4v) is 3.63. The van der Waals surface area contributed by atoms with Gasteiger partial charge in [-0.2, -0.15) is 0 Å². The van der Waals surface area contributed by atoms with Gasteiger partial charge >= 0.3 is 0 Å². The molecule has 2 aliphatic heterocycles. The third-order valence-corrected chi connectivity index (χ3v) is 5.01. The van der Waals surface area contributed by atoms with Gasteiger partial charge in [0.05, 0.1) is 12.2 Å². The summed E-state index contributed by atoms with van der Waals surface area (Å²) in [5.41, 5.74) is 1.10. The van der Waals surface area contributed by atoms with Gasteiger partial charge in [-0.25, -0.2) is 15.0 Å². The number of aromatic nitrogens is 4. The van der Waals surface area contributed by atoms with Crippen molar-refractivity contribution in [1.82, 2.24) is 29.7 Å². The fraction of sp³-hybridized carbons (Fsp3) is 0.556. The smallest absolute Gasteiger partial charge is 0.225 e. The molecule has 0 bridgehead atoms. The molecule has 8 heteroatoms. The molecule has 0 spiro atoms. The number of rotatable bonds is 3. The number of piperazine rings is 1. The van der Waals surface area contributed by atoms with Crippen LogP contribution in [0, 0.1) is 0 Å². The molecule has 4 rings (SSSR count). The van der Waals surface area contributed by atoms with Crippen LogP contribution in [0.4, 0.5) is 5.95 Å². The summed E-state index contributed by atoms with van der Waals surface area (Å²) in [5, 5.41) is 3.47. The second kappa shape index (κ2) is 7.72. The summed E-state index contributed by atoms with van der Waals surface area (Å²) in [4.78, 5) is 22.4. The predicted octanol–water partition coefficient (Wildman–Crippen LogP) is 0.907. The van der Waals surface area contributed by atoms with Crippen LogP contribution in [0.25, 0.3) is 0 Å². The Morgan fingerprint density at radius 3 is 2.65 bits per heavy atom. The lowest BCUT2D eigenvalue weighted by atomic mass is 10.2. The summed E-state index contributed by atoms with van der Waals surface area (Å²) in [5.74, 6) is 2.96. The summed E-state index contributed by atoms with van der Waals surface area (Å²) in [6, 6.07) is 1.85. The van der Waals surface area contributed by atoms with Crippen LogP contribution < -0.4 is 10.2 Å². The van der Waals surface area contributed by atoms with Crippen molar-refractivity contribution in [2.75, 3.05) is 38.1 Å². The molecule has 2 aliphatic rings. The van der Waals surface area contributed by atoms with Gasteiger partial charge in [0.25, 0.3) is 0 Å². The van der Waals surface area contributed by atoms with E-state index in [1.54, 1.807) is 12.4 Å². The molecule has 0 aromatic carbocycles. The molecule has 8 nitrogen and oxygen atoms in total. The van der Waals surface area contributed by atoms with Gasteiger partial charge in [-0.05, 0) is 18.9 Å². The topological polar surface area (TPSA) is 74.5 Å². The molecular formula is C18H26N8. The molecule has 1 N–H and O–H groups in total. The van der Waals surface area contributed by atoms with Crippen molar-refractivity contribution in [3.05, 3.63) is 36.2 Å². The zero-order valence-corrected chi connectivity index (χ0v) is 15.3. The lowest BCUT2D eigenvalue weighted by Gasteiger charge is -2.36. The highest BCUT2D eigenvalue weighted by Crippen LogP contribution is 2.14. The minimum Gasteiger partial charge on any atom is -0.351 e. The van der Waals surface area contributed by atoms with Crippen molar-refractivity contribution in [2.24, 2.45) is 4.99 Å². The first-order chi connectivity index (χ1) is 12.8. The average molecular weight is 354 g/mol. The molecule has 0 aliphatic carbocycles. The first-order valence-corrected chi connectivity index (χ1v) is 9.36. The Bertz CT molecular complexity index is 722. The second-order valence-electron chi connectivity index (χ2n) is 6.72. The maximum atomic E-state index is 4.76. The van der Waals surface area contributed by atoms with Crippen molar-refractivity contribution >= 4 is 11.9 Å². The van der Waals surface area contributed by atoms with E-state index >= 15 is 0 Å². The monoisotopic (exact) mass is 354 g/mol. The lowest BCUT2D eigenvalue weighted by Crippen LogP contribution is -2.52. The van der Waals surface area contributed by atoms with Crippen molar-refractivity contribution < 1.29 is 0 Å². The summed E-state index contributed by atoms with van der Waals surface area (Å²) < 4.78 is 2.29. The first kappa shape index (κ1) is 16.8. The number of fused-ring (bicyclic) bond motifs is 1. The van der Waals surface area contributed by atoms with Gasteiger partial charge in [0.15, 0.2) is 5.96 Å². The van der Waals surface area contributed by atoms with Crippen LogP contribution in [0.2, 0.25) is 0 Å². The number of hydrogen-bond acceptors (Lipinski definition) is 5. The molecule has 0 saturated carbocycles. The Balaban J connectivity index is 1.31. The van der Waals surface area contributed by atoms with Gasteiger partial charge in [-0.3, -0.25) is 4.99 Å². The molecule has 0 unspecified atom stereocenters. The van der Waals surface area contributed by atoms with Crippen molar-refractivity contribution in [1.29, 1.82) is 0 Å². The number of aryl methyl sites for hydroxylation is 2. The predicted molar refractivity (Wildman–Crippen MR) is 101 cm³/mol.